The molecule has 0 amide bonds. The van der Waals surface area contributed by atoms with Crippen molar-refractivity contribution in [2.75, 3.05) is 26.3 Å². The third-order valence-electron chi connectivity index (χ3n) is 3.07. The highest BCUT2D eigenvalue weighted by molar-refractivity contribution is 4.61. The van der Waals surface area contributed by atoms with Crippen molar-refractivity contribution in [3.63, 3.8) is 0 Å². The van der Waals surface area contributed by atoms with E-state index in [4.69, 9.17) is 4.74 Å². The first-order chi connectivity index (χ1) is 8.06. The lowest BCUT2D eigenvalue weighted by Crippen LogP contribution is -2.27. The fourth-order valence-electron chi connectivity index (χ4n) is 1.70. The molecule has 0 aromatic heterocycles. The van der Waals surface area contributed by atoms with Crippen molar-refractivity contribution in [2.24, 2.45) is 17.8 Å². The van der Waals surface area contributed by atoms with E-state index in [0.717, 1.165) is 44.1 Å². The molecule has 17 heavy (non-hydrogen) atoms. The summed E-state index contributed by atoms with van der Waals surface area (Å²) in [6.45, 7) is 15.4. The molecule has 0 bridgehead atoms. The lowest BCUT2D eigenvalue weighted by atomic mass is 10.0. The van der Waals surface area contributed by atoms with Crippen LogP contribution in [0.1, 0.15) is 53.9 Å². The van der Waals surface area contributed by atoms with Crippen LogP contribution in [-0.2, 0) is 4.74 Å². The van der Waals surface area contributed by atoms with E-state index >= 15 is 0 Å². The van der Waals surface area contributed by atoms with Gasteiger partial charge in [-0.2, -0.15) is 0 Å². The summed E-state index contributed by atoms with van der Waals surface area (Å²) in [6.07, 6.45) is 3.63. The Kier molecular flexibility index (Phi) is 11.0. The van der Waals surface area contributed by atoms with Gasteiger partial charge in [-0.05, 0) is 43.7 Å². The predicted molar refractivity (Wildman–Crippen MR) is 76.4 cm³/mol. The van der Waals surface area contributed by atoms with E-state index in [0.29, 0.717) is 0 Å². The van der Waals surface area contributed by atoms with Gasteiger partial charge in [-0.3, -0.25) is 0 Å². The molecule has 0 radical (unpaired) electrons. The zero-order valence-corrected chi connectivity index (χ0v) is 12.6. The molecule has 2 heteroatoms. The van der Waals surface area contributed by atoms with Crippen molar-refractivity contribution in [1.29, 1.82) is 0 Å². The highest BCUT2D eigenvalue weighted by atomic mass is 16.5. The van der Waals surface area contributed by atoms with E-state index < -0.39 is 0 Å². The molecule has 1 atom stereocenters. The van der Waals surface area contributed by atoms with Gasteiger partial charge in [-0.1, -0.05) is 41.0 Å². The van der Waals surface area contributed by atoms with Crippen molar-refractivity contribution in [2.45, 2.75) is 53.9 Å². The van der Waals surface area contributed by atoms with Crippen molar-refractivity contribution < 1.29 is 4.74 Å². The average molecular weight is 243 g/mol. The summed E-state index contributed by atoms with van der Waals surface area (Å²) in [5.41, 5.74) is 0. The van der Waals surface area contributed by atoms with Crippen LogP contribution in [0, 0.1) is 17.8 Å². The minimum absolute atomic E-state index is 0.745. The van der Waals surface area contributed by atoms with Crippen LogP contribution < -0.4 is 5.32 Å². The Bertz CT molecular complexity index is 157. The molecule has 0 aliphatic carbocycles. The van der Waals surface area contributed by atoms with Crippen molar-refractivity contribution in [3.05, 3.63) is 0 Å². The van der Waals surface area contributed by atoms with Gasteiger partial charge in [-0.25, -0.2) is 0 Å². The maximum atomic E-state index is 5.68. The van der Waals surface area contributed by atoms with Gasteiger partial charge in [-0.15, -0.1) is 0 Å². The summed E-state index contributed by atoms with van der Waals surface area (Å²) in [6, 6.07) is 0. The molecule has 2 nitrogen and oxygen atoms in total. The summed E-state index contributed by atoms with van der Waals surface area (Å²) in [4.78, 5) is 0. The Balaban J connectivity index is 3.41. The van der Waals surface area contributed by atoms with E-state index in [1.807, 2.05) is 0 Å². The van der Waals surface area contributed by atoms with Crippen LogP contribution in [0.3, 0.4) is 0 Å². The molecular weight excluding hydrogens is 210 g/mol. The monoisotopic (exact) mass is 243 g/mol. The standard InChI is InChI=1S/C15H33NO/c1-6-15(12-16-11-14(4)5)8-10-17-9-7-13(2)3/h13-16H,6-12H2,1-5H3. The molecule has 0 aliphatic rings. The van der Waals surface area contributed by atoms with E-state index in [1.54, 1.807) is 0 Å². The normalized spacial score (nSPS) is 13.6. The molecule has 0 heterocycles. The minimum Gasteiger partial charge on any atom is -0.381 e. The summed E-state index contributed by atoms with van der Waals surface area (Å²) in [5, 5.41) is 3.54. The average Bonchev–Trinajstić information content (AvgIpc) is 2.25. The van der Waals surface area contributed by atoms with Crippen molar-refractivity contribution >= 4 is 0 Å². The van der Waals surface area contributed by atoms with Gasteiger partial charge in [0, 0.05) is 13.2 Å². The van der Waals surface area contributed by atoms with Crippen molar-refractivity contribution in [1.82, 2.24) is 5.32 Å². The highest BCUT2D eigenvalue weighted by Gasteiger charge is 2.06. The number of nitrogens with one attached hydrogen (secondary N) is 1. The molecule has 0 fully saturated rings. The van der Waals surface area contributed by atoms with E-state index in [1.165, 1.54) is 19.3 Å². The highest BCUT2D eigenvalue weighted by Crippen LogP contribution is 2.08. The van der Waals surface area contributed by atoms with Crippen LogP contribution in [0.25, 0.3) is 0 Å². The molecule has 0 rings (SSSR count). The van der Waals surface area contributed by atoms with Crippen LogP contribution in [0.5, 0.6) is 0 Å². The van der Waals surface area contributed by atoms with Gasteiger partial charge < -0.3 is 10.1 Å². The Morgan fingerprint density at radius 3 is 2.06 bits per heavy atom. The summed E-state index contributed by atoms with van der Waals surface area (Å²) in [5.74, 6) is 2.27. The summed E-state index contributed by atoms with van der Waals surface area (Å²) < 4.78 is 5.68. The second kappa shape index (κ2) is 11.0. The van der Waals surface area contributed by atoms with Crippen LogP contribution in [-0.4, -0.2) is 26.3 Å². The second-order valence-electron chi connectivity index (χ2n) is 5.91. The zero-order valence-electron chi connectivity index (χ0n) is 12.6. The largest absolute Gasteiger partial charge is 0.381 e. The Morgan fingerprint density at radius 2 is 1.53 bits per heavy atom. The molecule has 1 unspecified atom stereocenters. The molecule has 0 saturated carbocycles. The third kappa shape index (κ3) is 12.2. The van der Waals surface area contributed by atoms with Crippen LogP contribution >= 0.6 is 0 Å². The quantitative estimate of drug-likeness (QED) is 0.559. The molecule has 0 aromatic rings. The molecular formula is C15H33NO. The first-order valence-electron chi connectivity index (χ1n) is 7.34. The predicted octanol–water partition coefficient (Wildman–Crippen LogP) is 3.71. The number of hydrogen-bond acceptors (Lipinski definition) is 2. The maximum absolute atomic E-state index is 5.68. The minimum atomic E-state index is 0.745. The zero-order chi connectivity index (χ0) is 13.1. The van der Waals surface area contributed by atoms with Crippen LogP contribution in [0.4, 0.5) is 0 Å². The third-order valence-corrected chi connectivity index (χ3v) is 3.07. The van der Waals surface area contributed by atoms with Crippen molar-refractivity contribution in [3.8, 4) is 0 Å². The van der Waals surface area contributed by atoms with Gasteiger partial charge >= 0.3 is 0 Å². The van der Waals surface area contributed by atoms with E-state index in [9.17, 15) is 0 Å². The Morgan fingerprint density at radius 1 is 0.882 bits per heavy atom. The second-order valence-corrected chi connectivity index (χ2v) is 5.91. The number of rotatable bonds is 11. The maximum Gasteiger partial charge on any atom is 0.0469 e. The SMILES string of the molecule is CCC(CCOCCC(C)C)CNCC(C)C. The first kappa shape index (κ1) is 16.9. The smallest absolute Gasteiger partial charge is 0.0469 e. The summed E-state index contributed by atoms with van der Waals surface area (Å²) in [7, 11) is 0. The van der Waals surface area contributed by atoms with Gasteiger partial charge in [0.25, 0.3) is 0 Å². The van der Waals surface area contributed by atoms with E-state index in [2.05, 4.69) is 39.9 Å². The number of hydrogen-bond donors (Lipinski definition) is 1. The Hall–Kier alpha value is -0.0800. The number of ether oxygens (including phenoxy) is 1. The fraction of sp³-hybridized carbons (Fsp3) is 1.00. The lowest BCUT2D eigenvalue weighted by molar-refractivity contribution is 0.109. The van der Waals surface area contributed by atoms with Gasteiger partial charge in [0.1, 0.15) is 0 Å². The van der Waals surface area contributed by atoms with E-state index in [-0.39, 0.29) is 0 Å². The van der Waals surface area contributed by atoms with Gasteiger partial charge in [0.05, 0.1) is 0 Å². The van der Waals surface area contributed by atoms with Gasteiger partial charge in [0.2, 0.25) is 0 Å². The molecule has 0 aliphatic heterocycles. The van der Waals surface area contributed by atoms with Crippen LogP contribution in [0.15, 0.2) is 0 Å². The molecule has 0 aromatic carbocycles. The first-order valence-corrected chi connectivity index (χ1v) is 7.34. The van der Waals surface area contributed by atoms with Crippen LogP contribution in [0.2, 0.25) is 0 Å². The molecule has 0 spiro atoms. The van der Waals surface area contributed by atoms with Gasteiger partial charge in [0.15, 0.2) is 0 Å². The fourth-order valence-corrected chi connectivity index (χ4v) is 1.70. The topological polar surface area (TPSA) is 21.3 Å². The molecule has 104 valence electrons. The molecule has 0 saturated heterocycles. The molecule has 1 N–H and O–H groups in total. The summed E-state index contributed by atoms with van der Waals surface area (Å²) >= 11 is 0. The lowest BCUT2D eigenvalue weighted by Gasteiger charge is -2.17. The Labute approximate surface area is 109 Å².